The number of carboxylic acids is 1. The van der Waals surface area contributed by atoms with Crippen LogP contribution in [0.5, 0.6) is 5.75 Å². The average molecular weight is 285 g/mol. The van der Waals surface area contributed by atoms with E-state index in [4.69, 9.17) is 5.11 Å². The molecule has 0 saturated heterocycles. The highest BCUT2D eigenvalue weighted by molar-refractivity contribution is 5.79. The van der Waals surface area contributed by atoms with Crippen molar-refractivity contribution < 1.29 is 19.8 Å². The van der Waals surface area contributed by atoms with E-state index in [2.05, 4.69) is 0 Å². The topological polar surface area (TPSA) is 77.8 Å². The van der Waals surface area contributed by atoms with Crippen LogP contribution >= 0.6 is 0 Å². The van der Waals surface area contributed by atoms with Gasteiger partial charge in [0.1, 0.15) is 5.75 Å². The maximum absolute atomic E-state index is 11.5. The standard InChI is InChI=1S/C16H15NO4/c18-11-17(13-6-8-14(19)9-7-13)15(10-16(20)21)12-4-2-1-3-5-12/h1-9,11,15,19H,10H2,(H,20,21). The molecule has 0 heterocycles. The number of carboxylic acid groups (broad SMARTS) is 1. The zero-order chi connectivity index (χ0) is 15.2. The van der Waals surface area contributed by atoms with Gasteiger partial charge in [-0.05, 0) is 29.8 Å². The first-order valence-electron chi connectivity index (χ1n) is 6.41. The van der Waals surface area contributed by atoms with Gasteiger partial charge < -0.3 is 15.1 Å². The van der Waals surface area contributed by atoms with Crippen LogP contribution in [0.25, 0.3) is 0 Å². The Kier molecular flexibility index (Phi) is 4.56. The van der Waals surface area contributed by atoms with Crippen LogP contribution in [0.1, 0.15) is 18.0 Å². The smallest absolute Gasteiger partial charge is 0.305 e. The number of amides is 1. The number of nitrogens with zero attached hydrogens (tertiary/aromatic N) is 1. The lowest BCUT2D eigenvalue weighted by atomic mass is 10.0. The van der Waals surface area contributed by atoms with Gasteiger partial charge >= 0.3 is 5.97 Å². The van der Waals surface area contributed by atoms with Crippen LogP contribution in [0.2, 0.25) is 0 Å². The number of phenols is 1. The number of rotatable bonds is 6. The zero-order valence-corrected chi connectivity index (χ0v) is 11.2. The summed E-state index contributed by atoms with van der Waals surface area (Å²) in [5.74, 6) is -0.909. The molecule has 0 aliphatic carbocycles. The highest BCUT2D eigenvalue weighted by Gasteiger charge is 2.23. The fourth-order valence-corrected chi connectivity index (χ4v) is 2.16. The number of carbonyl (C=O) groups is 2. The van der Waals surface area contributed by atoms with Crippen molar-refractivity contribution in [1.82, 2.24) is 0 Å². The van der Waals surface area contributed by atoms with Crippen LogP contribution in [0.3, 0.4) is 0 Å². The van der Waals surface area contributed by atoms with Gasteiger partial charge in [-0.25, -0.2) is 0 Å². The Labute approximate surface area is 122 Å². The molecular formula is C16H15NO4. The molecule has 2 aromatic carbocycles. The van der Waals surface area contributed by atoms with Gasteiger partial charge in [-0.1, -0.05) is 30.3 Å². The molecule has 2 N–H and O–H groups in total. The first-order valence-corrected chi connectivity index (χ1v) is 6.41. The van der Waals surface area contributed by atoms with Gasteiger partial charge in [0.15, 0.2) is 0 Å². The molecule has 1 unspecified atom stereocenters. The Morgan fingerprint density at radius 2 is 1.71 bits per heavy atom. The lowest BCUT2D eigenvalue weighted by Gasteiger charge is -2.27. The second kappa shape index (κ2) is 6.56. The third-order valence-electron chi connectivity index (χ3n) is 3.15. The highest BCUT2D eigenvalue weighted by atomic mass is 16.4. The third kappa shape index (κ3) is 3.60. The number of hydrogen-bond donors (Lipinski definition) is 2. The van der Waals surface area contributed by atoms with Crippen molar-refractivity contribution in [1.29, 1.82) is 0 Å². The van der Waals surface area contributed by atoms with Crippen molar-refractivity contribution >= 4 is 18.1 Å². The number of carbonyl (C=O) groups excluding carboxylic acids is 1. The summed E-state index contributed by atoms with van der Waals surface area (Å²) in [6.07, 6.45) is 0.399. The molecule has 5 heteroatoms. The molecule has 1 amide bonds. The Balaban J connectivity index is 2.39. The second-order valence-electron chi connectivity index (χ2n) is 4.55. The van der Waals surface area contributed by atoms with E-state index in [0.29, 0.717) is 12.1 Å². The fourth-order valence-electron chi connectivity index (χ4n) is 2.16. The number of hydrogen-bond acceptors (Lipinski definition) is 3. The second-order valence-corrected chi connectivity index (χ2v) is 4.55. The Bertz CT molecular complexity index is 610. The van der Waals surface area contributed by atoms with Crippen LogP contribution in [0, 0.1) is 0 Å². The lowest BCUT2D eigenvalue weighted by Crippen LogP contribution is -2.29. The molecular weight excluding hydrogens is 270 g/mol. The third-order valence-corrected chi connectivity index (χ3v) is 3.15. The maximum atomic E-state index is 11.5. The molecule has 21 heavy (non-hydrogen) atoms. The van der Waals surface area contributed by atoms with Crippen molar-refractivity contribution in [2.75, 3.05) is 4.90 Å². The minimum absolute atomic E-state index is 0.0825. The van der Waals surface area contributed by atoms with E-state index in [-0.39, 0.29) is 12.2 Å². The van der Waals surface area contributed by atoms with Crippen LogP contribution in [0.4, 0.5) is 5.69 Å². The van der Waals surface area contributed by atoms with Gasteiger partial charge in [0.25, 0.3) is 0 Å². The monoisotopic (exact) mass is 285 g/mol. The van der Waals surface area contributed by atoms with Gasteiger partial charge in [0, 0.05) is 5.69 Å². The minimum atomic E-state index is -0.991. The van der Waals surface area contributed by atoms with E-state index >= 15 is 0 Å². The molecule has 0 saturated carbocycles. The first kappa shape index (κ1) is 14.6. The largest absolute Gasteiger partial charge is 0.508 e. The summed E-state index contributed by atoms with van der Waals surface area (Å²) in [6.45, 7) is 0. The molecule has 0 aromatic heterocycles. The Morgan fingerprint density at radius 3 is 2.24 bits per heavy atom. The van der Waals surface area contributed by atoms with Crippen LogP contribution in [0.15, 0.2) is 54.6 Å². The summed E-state index contributed by atoms with van der Waals surface area (Å²) < 4.78 is 0. The van der Waals surface area contributed by atoms with E-state index < -0.39 is 12.0 Å². The molecule has 1 atom stereocenters. The van der Waals surface area contributed by atoms with Crippen molar-refractivity contribution in [3.63, 3.8) is 0 Å². The predicted molar refractivity (Wildman–Crippen MR) is 78.1 cm³/mol. The van der Waals surface area contributed by atoms with Crippen molar-refractivity contribution in [2.24, 2.45) is 0 Å². The molecule has 0 aliphatic rings. The van der Waals surface area contributed by atoms with Gasteiger partial charge in [-0.15, -0.1) is 0 Å². The summed E-state index contributed by atoms with van der Waals surface area (Å²) in [6, 6.07) is 14.4. The van der Waals surface area contributed by atoms with Gasteiger partial charge in [0.05, 0.1) is 12.5 Å². The fraction of sp³-hybridized carbons (Fsp3) is 0.125. The number of anilines is 1. The minimum Gasteiger partial charge on any atom is -0.508 e. The van der Waals surface area contributed by atoms with E-state index in [1.165, 1.54) is 17.0 Å². The first-order chi connectivity index (χ1) is 10.1. The molecule has 5 nitrogen and oxygen atoms in total. The average Bonchev–Trinajstić information content (AvgIpc) is 2.49. The number of aromatic hydroxyl groups is 1. The lowest BCUT2D eigenvalue weighted by molar-refractivity contribution is -0.137. The van der Waals surface area contributed by atoms with Crippen LogP contribution in [-0.4, -0.2) is 22.6 Å². The van der Waals surface area contributed by atoms with Crippen LogP contribution < -0.4 is 4.90 Å². The van der Waals surface area contributed by atoms with E-state index in [1.807, 2.05) is 6.07 Å². The zero-order valence-electron chi connectivity index (χ0n) is 11.2. The molecule has 0 aliphatic heterocycles. The highest BCUT2D eigenvalue weighted by Crippen LogP contribution is 2.29. The normalized spacial score (nSPS) is 11.6. The molecule has 0 spiro atoms. The Morgan fingerprint density at radius 1 is 1.10 bits per heavy atom. The predicted octanol–water partition coefficient (Wildman–Crippen LogP) is 2.57. The summed E-state index contributed by atoms with van der Waals surface area (Å²) in [5, 5.41) is 18.4. The molecule has 0 radical (unpaired) electrons. The SMILES string of the molecule is O=CN(c1ccc(O)cc1)C(CC(=O)O)c1ccccc1. The van der Waals surface area contributed by atoms with Gasteiger partial charge in [-0.3, -0.25) is 9.59 Å². The van der Waals surface area contributed by atoms with Gasteiger partial charge in [-0.2, -0.15) is 0 Å². The van der Waals surface area contributed by atoms with E-state index in [0.717, 1.165) is 5.56 Å². The maximum Gasteiger partial charge on any atom is 0.305 e. The summed E-state index contributed by atoms with van der Waals surface area (Å²) >= 11 is 0. The molecule has 2 aromatic rings. The number of aliphatic carboxylic acids is 1. The van der Waals surface area contributed by atoms with Crippen molar-refractivity contribution in [3.05, 3.63) is 60.2 Å². The van der Waals surface area contributed by atoms with Crippen molar-refractivity contribution in [3.8, 4) is 5.75 Å². The molecule has 108 valence electrons. The molecule has 2 rings (SSSR count). The summed E-state index contributed by atoms with van der Waals surface area (Å²) in [4.78, 5) is 23.9. The van der Waals surface area contributed by atoms with E-state index in [9.17, 15) is 14.7 Å². The van der Waals surface area contributed by atoms with E-state index in [1.54, 1.807) is 36.4 Å². The van der Waals surface area contributed by atoms with Crippen LogP contribution in [-0.2, 0) is 9.59 Å². The summed E-state index contributed by atoms with van der Waals surface area (Å²) in [7, 11) is 0. The molecule has 0 bridgehead atoms. The Hall–Kier alpha value is -2.82. The van der Waals surface area contributed by atoms with Crippen molar-refractivity contribution in [2.45, 2.75) is 12.5 Å². The molecule has 0 fully saturated rings. The quantitative estimate of drug-likeness (QED) is 0.800. The number of benzene rings is 2. The van der Waals surface area contributed by atoms with Gasteiger partial charge in [0.2, 0.25) is 6.41 Å². The summed E-state index contributed by atoms with van der Waals surface area (Å²) in [5.41, 5.74) is 1.26. The number of phenolic OH excluding ortho intramolecular Hbond substituents is 1.